The van der Waals surface area contributed by atoms with Gasteiger partial charge < -0.3 is 10.6 Å². The molecule has 36 heavy (non-hydrogen) atoms. The van der Waals surface area contributed by atoms with Crippen molar-refractivity contribution in [3.05, 3.63) is 59.2 Å². The highest BCUT2D eigenvalue weighted by Gasteiger charge is 2.38. The van der Waals surface area contributed by atoms with Crippen LogP contribution < -0.4 is 10.6 Å². The Morgan fingerprint density at radius 2 is 1.83 bits per heavy atom. The van der Waals surface area contributed by atoms with Gasteiger partial charge in [0, 0.05) is 38.1 Å². The molecule has 7 nitrogen and oxygen atoms in total. The highest BCUT2D eigenvalue weighted by atomic mass is 32.2. The molecule has 0 radical (unpaired) electrons. The van der Waals surface area contributed by atoms with Gasteiger partial charge in [-0.25, -0.2) is 0 Å². The monoisotopic (exact) mass is 530 g/mol. The maximum absolute atomic E-state index is 9.19. The van der Waals surface area contributed by atoms with Crippen LogP contribution >= 0.6 is 11.5 Å². The van der Waals surface area contributed by atoms with Crippen molar-refractivity contribution < 1.29 is 13.0 Å². The second-order valence-corrected chi connectivity index (χ2v) is 12.8. The summed E-state index contributed by atoms with van der Waals surface area (Å²) in [7, 11) is -3.67. The van der Waals surface area contributed by atoms with Crippen LogP contribution in [-0.2, 0) is 28.4 Å². The third-order valence-corrected chi connectivity index (χ3v) is 8.43. The van der Waals surface area contributed by atoms with Crippen molar-refractivity contribution in [1.29, 1.82) is 0 Å². The predicted octanol–water partition coefficient (Wildman–Crippen LogP) is 3.96. The van der Waals surface area contributed by atoms with Gasteiger partial charge in [-0.15, -0.1) is 0 Å². The molecule has 196 valence electrons. The number of benzene rings is 2. The van der Waals surface area contributed by atoms with E-state index in [0.717, 1.165) is 52.1 Å². The van der Waals surface area contributed by atoms with Crippen molar-refractivity contribution in [2.75, 3.05) is 50.4 Å². The third kappa shape index (κ3) is 6.44. The standard InChI is InChI=1S/C26H34N4S.CH4O3S/c1-26(2)21(9-11-27)18-20-17-19(7-8-23(20)26)10-12-29-13-15-30(16-14-29)25-22-5-3-4-6-24(22)31-28-25;1-5(2,3)4/h3-8,17,21H,9-16,18,27H2,1-2H3;1H3,(H,2,3,4). The Bertz CT molecular complexity index is 1270. The van der Waals surface area contributed by atoms with Gasteiger partial charge in [0.1, 0.15) is 5.82 Å². The van der Waals surface area contributed by atoms with Crippen molar-refractivity contribution in [3.63, 3.8) is 0 Å². The molecule has 3 aromatic rings. The molecule has 1 atom stereocenters. The van der Waals surface area contributed by atoms with Gasteiger partial charge in [0.25, 0.3) is 10.1 Å². The largest absolute Gasteiger partial charge is 0.353 e. The number of nitrogens with two attached hydrogens (primary N) is 1. The van der Waals surface area contributed by atoms with Crippen LogP contribution in [0.2, 0.25) is 0 Å². The fourth-order valence-electron chi connectivity index (χ4n) is 5.58. The first-order chi connectivity index (χ1) is 17.1. The molecule has 1 aliphatic heterocycles. The lowest BCUT2D eigenvalue weighted by Crippen LogP contribution is -2.47. The Morgan fingerprint density at radius 3 is 2.53 bits per heavy atom. The normalized spacial score (nSPS) is 19.7. The van der Waals surface area contributed by atoms with Gasteiger partial charge in [-0.2, -0.15) is 12.8 Å². The maximum atomic E-state index is 9.19. The smallest absolute Gasteiger partial charge is 0.261 e. The molecule has 0 bridgehead atoms. The lowest BCUT2D eigenvalue weighted by molar-refractivity contribution is 0.260. The van der Waals surface area contributed by atoms with E-state index in [0.29, 0.717) is 12.2 Å². The number of aromatic nitrogens is 1. The molecule has 5 rings (SSSR count). The second kappa shape index (κ2) is 11.1. The van der Waals surface area contributed by atoms with Gasteiger partial charge in [0.05, 0.1) is 11.0 Å². The minimum atomic E-state index is -3.67. The lowest BCUT2D eigenvalue weighted by atomic mass is 9.77. The van der Waals surface area contributed by atoms with Crippen LogP contribution in [0, 0.1) is 5.92 Å². The molecule has 0 amide bonds. The molecule has 1 fully saturated rings. The van der Waals surface area contributed by atoms with Gasteiger partial charge >= 0.3 is 0 Å². The minimum absolute atomic E-state index is 0.253. The predicted molar refractivity (Wildman–Crippen MR) is 150 cm³/mol. The Kier molecular flexibility index (Phi) is 8.36. The van der Waals surface area contributed by atoms with E-state index in [1.165, 1.54) is 27.9 Å². The average Bonchev–Trinajstić information content (AvgIpc) is 3.36. The number of piperazine rings is 1. The number of fused-ring (bicyclic) bond motifs is 2. The molecule has 0 spiro atoms. The molecule has 2 heterocycles. The quantitative estimate of drug-likeness (QED) is 0.465. The van der Waals surface area contributed by atoms with Crippen molar-refractivity contribution in [2.45, 2.75) is 38.5 Å². The van der Waals surface area contributed by atoms with Gasteiger partial charge in [0.15, 0.2) is 0 Å². The highest BCUT2D eigenvalue weighted by Crippen LogP contribution is 2.44. The summed E-state index contributed by atoms with van der Waals surface area (Å²) < 4.78 is 31.9. The van der Waals surface area contributed by atoms with E-state index in [1.54, 1.807) is 22.7 Å². The van der Waals surface area contributed by atoms with Crippen LogP contribution in [0.1, 0.15) is 37.0 Å². The fourth-order valence-corrected chi connectivity index (χ4v) is 6.37. The lowest BCUT2D eigenvalue weighted by Gasteiger charge is -2.35. The van der Waals surface area contributed by atoms with E-state index in [4.69, 9.17) is 14.7 Å². The van der Waals surface area contributed by atoms with Crippen LogP contribution in [0.5, 0.6) is 0 Å². The van der Waals surface area contributed by atoms with Crippen molar-refractivity contribution in [1.82, 2.24) is 9.27 Å². The molecule has 2 aliphatic rings. The highest BCUT2D eigenvalue weighted by molar-refractivity contribution is 7.85. The van der Waals surface area contributed by atoms with Crippen LogP contribution in [0.25, 0.3) is 10.1 Å². The minimum Gasteiger partial charge on any atom is -0.353 e. The molecule has 1 saturated heterocycles. The second-order valence-electron chi connectivity index (χ2n) is 10.5. The number of anilines is 1. The van der Waals surface area contributed by atoms with Crippen molar-refractivity contribution in [3.8, 4) is 0 Å². The first-order valence-electron chi connectivity index (χ1n) is 12.6. The first-order valence-corrected chi connectivity index (χ1v) is 15.2. The van der Waals surface area contributed by atoms with E-state index in [2.05, 4.69) is 66.1 Å². The molecular formula is C27H38N4O3S2. The van der Waals surface area contributed by atoms with Gasteiger partial charge in [-0.05, 0) is 77.5 Å². The zero-order chi connectivity index (χ0) is 25.9. The van der Waals surface area contributed by atoms with E-state index >= 15 is 0 Å². The van der Waals surface area contributed by atoms with Crippen molar-refractivity contribution in [2.24, 2.45) is 11.7 Å². The number of hydrogen-bond donors (Lipinski definition) is 2. The molecule has 1 unspecified atom stereocenters. The van der Waals surface area contributed by atoms with Crippen molar-refractivity contribution >= 4 is 37.6 Å². The molecule has 3 N–H and O–H groups in total. The summed E-state index contributed by atoms with van der Waals surface area (Å²) in [6, 6.07) is 15.8. The summed E-state index contributed by atoms with van der Waals surface area (Å²) in [5, 5.41) is 1.30. The van der Waals surface area contributed by atoms with Gasteiger partial charge in [-0.3, -0.25) is 9.45 Å². The summed E-state index contributed by atoms with van der Waals surface area (Å²) in [6.45, 7) is 11.1. The summed E-state index contributed by atoms with van der Waals surface area (Å²) in [4.78, 5) is 5.07. The van der Waals surface area contributed by atoms with Crippen LogP contribution in [0.3, 0.4) is 0 Å². The summed E-state index contributed by atoms with van der Waals surface area (Å²) in [5.41, 5.74) is 10.7. The summed E-state index contributed by atoms with van der Waals surface area (Å²) in [6.07, 6.45) is 4.16. The Labute approximate surface area is 219 Å². The zero-order valence-electron chi connectivity index (χ0n) is 21.5. The summed E-state index contributed by atoms with van der Waals surface area (Å²) >= 11 is 1.62. The van der Waals surface area contributed by atoms with E-state index < -0.39 is 10.1 Å². The van der Waals surface area contributed by atoms with Crippen LogP contribution in [-0.4, -0.2) is 67.8 Å². The van der Waals surface area contributed by atoms with E-state index in [-0.39, 0.29) is 5.41 Å². The maximum Gasteiger partial charge on any atom is 0.261 e. The Hall–Kier alpha value is -2.04. The van der Waals surface area contributed by atoms with E-state index in [9.17, 15) is 8.42 Å². The van der Waals surface area contributed by atoms with Gasteiger partial charge in [0.2, 0.25) is 0 Å². The number of hydrogen-bond acceptors (Lipinski definition) is 7. The molecule has 0 saturated carbocycles. The zero-order valence-corrected chi connectivity index (χ0v) is 23.1. The molecule has 1 aromatic heterocycles. The molecule has 1 aliphatic carbocycles. The molecular weight excluding hydrogens is 492 g/mol. The SMILES string of the molecule is CC1(C)c2ccc(CCN3CCN(c4nsc5ccccc45)CC3)cc2CC1CCN.CS(=O)(=O)O. The third-order valence-electron chi connectivity index (χ3n) is 7.61. The average molecular weight is 531 g/mol. The Morgan fingerprint density at radius 1 is 1.14 bits per heavy atom. The molecule has 2 aromatic carbocycles. The van der Waals surface area contributed by atoms with Gasteiger partial charge in [-0.1, -0.05) is 44.2 Å². The summed E-state index contributed by atoms with van der Waals surface area (Å²) in [5.74, 6) is 1.85. The number of nitrogens with zero attached hydrogens (tertiary/aromatic N) is 3. The molecule has 9 heteroatoms. The van der Waals surface area contributed by atoms with E-state index in [1.807, 2.05) is 0 Å². The van der Waals surface area contributed by atoms with Crippen LogP contribution in [0.15, 0.2) is 42.5 Å². The number of rotatable bonds is 6. The fraction of sp³-hybridized carbons (Fsp3) is 0.519. The Balaban J connectivity index is 0.000000556. The van der Waals surface area contributed by atoms with Crippen LogP contribution in [0.4, 0.5) is 5.82 Å². The topological polar surface area (TPSA) is 99.8 Å². The first kappa shape index (κ1) is 27.0.